The van der Waals surface area contributed by atoms with Crippen molar-refractivity contribution in [3.05, 3.63) is 40.1 Å². The highest BCUT2D eigenvalue weighted by atomic mass is 35.5. The fourth-order valence-corrected chi connectivity index (χ4v) is 2.82. The lowest BCUT2D eigenvalue weighted by Gasteiger charge is -2.18. The van der Waals surface area contributed by atoms with E-state index in [-0.39, 0.29) is 10.8 Å². The summed E-state index contributed by atoms with van der Waals surface area (Å²) >= 11 is 11.7. The van der Waals surface area contributed by atoms with E-state index in [0.29, 0.717) is 16.5 Å². The van der Waals surface area contributed by atoms with Gasteiger partial charge in [0.25, 0.3) is 0 Å². The molecule has 2 aromatic rings. The molecule has 0 aliphatic heterocycles. The van der Waals surface area contributed by atoms with Crippen LogP contribution in [0.15, 0.2) is 28.8 Å². The summed E-state index contributed by atoms with van der Waals surface area (Å²) in [6, 6.07) is 5.96. The molecule has 0 saturated heterocycles. The molecule has 0 radical (unpaired) electrons. The summed E-state index contributed by atoms with van der Waals surface area (Å²) < 4.78 is 29.4. The SMILES string of the molecule is Cc1cc(N(CC(=O)Nc2ccc(Cl)c(Cl)c2)S(C)(=O)=O)no1. The van der Waals surface area contributed by atoms with Gasteiger partial charge in [0.1, 0.15) is 12.3 Å². The van der Waals surface area contributed by atoms with Gasteiger partial charge in [-0.05, 0) is 25.1 Å². The van der Waals surface area contributed by atoms with Crippen LogP contribution >= 0.6 is 23.2 Å². The Morgan fingerprint density at radius 3 is 2.52 bits per heavy atom. The van der Waals surface area contributed by atoms with Crippen LogP contribution in [0.5, 0.6) is 0 Å². The van der Waals surface area contributed by atoms with Gasteiger partial charge in [0.15, 0.2) is 5.82 Å². The van der Waals surface area contributed by atoms with Crippen molar-refractivity contribution in [3.63, 3.8) is 0 Å². The Morgan fingerprint density at radius 1 is 1.30 bits per heavy atom. The third-order valence-corrected chi connectivity index (χ3v) is 4.62. The minimum absolute atomic E-state index is 0.0364. The number of sulfonamides is 1. The van der Waals surface area contributed by atoms with Gasteiger partial charge in [-0.3, -0.25) is 4.79 Å². The van der Waals surface area contributed by atoms with Gasteiger partial charge in [0.2, 0.25) is 15.9 Å². The van der Waals surface area contributed by atoms with Gasteiger partial charge in [-0.25, -0.2) is 12.7 Å². The van der Waals surface area contributed by atoms with Crippen molar-refractivity contribution in [3.8, 4) is 0 Å². The minimum Gasteiger partial charge on any atom is -0.360 e. The normalized spacial score (nSPS) is 11.3. The van der Waals surface area contributed by atoms with Crippen molar-refractivity contribution in [2.75, 3.05) is 22.4 Å². The largest absolute Gasteiger partial charge is 0.360 e. The van der Waals surface area contributed by atoms with Gasteiger partial charge in [-0.1, -0.05) is 28.4 Å². The lowest BCUT2D eigenvalue weighted by molar-refractivity contribution is -0.114. The van der Waals surface area contributed by atoms with Crippen molar-refractivity contribution < 1.29 is 17.7 Å². The van der Waals surface area contributed by atoms with Crippen LogP contribution in [-0.4, -0.2) is 32.3 Å². The van der Waals surface area contributed by atoms with Crippen molar-refractivity contribution in [2.24, 2.45) is 0 Å². The number of carbonyl (C=O) groups excluding carboxylic acids is 1. The molecule has 1 aromatic carbocycles. The van der Waals surface area contributed by atoms with Crippen molar-refractivity contribution in [1.82, 2.24) is 5.16 Å². The molecule has 1 heterocycles. The molecule has 0 fully saturated rings. The summed E-state index contributed by atoms with van der Waals surface area (Å²) in [7, 11) is -3.70. The predicted molar refractivity (Wildman–Crippen MR) is 88.5 cm³/mol. The van der Waals surface area contributed by atoms with Gasteiger partial charge in [-0.15, -0.1) is 0 Å². The standard InChI is InChI=1S/C13H13Cl2N3O4S/c1-8-5-12(17-22-8)18(23(2,20)21)7-13(19)16-9-3-4-10(14)11(15)6-9/h3-6H,7H2,1-2H3,(H,16,19). The Kier molecular flexibility index (Phi) is 5.18. The lowest BCUT2D eigenvalue weighted by Crippen LogP contribution is -2.37. The Hall–Kier alpha value is -1.77. The third kappa shape index (κ3) is 4.60. The van der Waals surface area contributed by atoms with Crippen molar-refractivity contribution in [1.29, 1.82) is 0 Å². The number of hydrogen-bond acceptors (Lipinski definition) is 5. The van der Waals surface area contributed by atoms with E-state index in [1.54, 1.807) is 13.0 Å². The highest BCUT2D eigenvalue weighted by Crippen LogP contribution is 2.25. The van der Waals surface area contributed by atoms with Gasteiger partial charge >= 0.3 is 0 Å². The lowest BCUT2D eigenvalue weighted by atomic mass is 10.3. The summed E-state index contributed by atoms with van der Waals surface area (Å²) in [6.45, 7) is 1.16. The van der Waals surface area contributed by atoms with E-state index < -0.39 is 22.5 Å². The molecule has 10 heteroatoms. The average molecular weight is 378 g/mol. The zero-order chi connectivity index (χ0) is 17.2. The molecule has 0 aliphatic rings. The van der Waals surface area contributed by atoms with Crippen LogP contribution in [0.2, 0.25) is 10.0 Å². The maximum atomic E-state index is 12.1. The maximum absolute atomic E-state index is 12.1. The summed E-state index contributed by atoms with van der Waals surface area (Å²) in [5.41, 5.74) is 0.397. The van der Waals surface area contributed by atoms with Crippen molar-refractivity contribution in [2.45, 2.75) is 6.92 Å². The predicted octanol–water partition coefficient (Wildman–Crippen LogP) is 2.69. The molecule has 0 aliphatic carbocycles. The molecule has 1 amide bonds. The first kappa shape index (κ1) is 17.6. The van der Waals surface area contributed by atoms with Gasteiger partial charge in [0, 0.05) is 11.8 Å². The van der Waals surface area contributed by atoms with Crippen LogP contribution in [0.3, 0.4) is 0 Å². The van der Waals surface area contributed by atoms with Gasteiger partial charge in [0.05, 0.1) is 16.3 Å². The number of nitrogens with one attached hydrogen (secondary N) is 1. The second kappa shape index (κ2) is 6.77. The number of aryl methyl sites for hydroxylation is 1. The molecule has 0 bridgehead atoms. The summed E-state index contributed by atoms with van der Waals surface area (Å²) in [6.07, 6.45) is 0.976. The zero-order valence-corrected chi connectivity index (χ0v) is 14.5. The first-order valence-corrected chi connectivity index (χ1v) is 8.93. The van der Waals surface area contributed by atoms with E-state index in [1.165, 1.54) is 18.2 Å². The first-order valence-electron chi connectivity index (χ1n) is 6.33. The summed E-state index contributed by atoms with van der Waals surface area (Å²) in [5.74, 6) is -0.0951. The summed E-state index contributed by atoms with van der Waals surface area (Å²) in [5, 5.41) is 6.79. The highest BCUT2D eigenvalue weighted by molar-refractivity contribution is 7.92. The number of halogens is 2. The number of amides is 1. The highest BCUT2D eigenvalue weighted by Gasteiger charge is 2.23. The van der Waals surface area contributed by atoms with Gasteiger partial charge < -0.3 is 9.84 Å². The van der Waals surface area contributed by atoms with Gasteiger partial charge in [-0.2, -0.15) is 0 Å². The molecule has 1 N–H and O–H groups in total. The maximum Gasteiger partial charge on any atom is 0.245 e. The van der Waals surface area contributed by atoms with Crippen LogP contribution in [0.25, 0.3) is 0 Å². The monoisotopic (exact) mass is 377 g/mol. The molecule has 23 heavy (non-hydrogen) atoms. The summed E-state index contributed by atoms with van der Waals surface area (Å²) in [4.78, 5) is 12.1. The smallest absolute Gasteiger partial charge is 0.245 e. The fourth-order valence-electron chi connectivity index (χ4n) is 1.74. The molecule has 0 unspecified atom stereocenters. The van der Waals surface area contributed by atoms with E-state index >= 15 is 0 Å². The van der Waals surface area contributed by atoms with E-state index in [0.717, 1.165) is 10.6 Å². The fraction of sp³-hybridized carbons (Fsp3) is 0.231. The number of nitrogens with zero attached hydrogens (tertiary/aromatic N) is 2. The average Bonchev–Trinajstić information content (AvgIpc) is 2.85. The molecule has 7 nitrogen and oxygen atoms in total. The number of aromatic nitrogens is 1. The topological polar surface area (TPSA) is 92.5 Å². The molecular weight excluding hydrogens is 365 g/mol. The molecule has 2 rings (SSSR count). The Bertz CT molecular complexity index is 835. The van der Waals surface area contributed by atoms with Crippen LogP contribution in [0.1, 0.15) is 5.76 Å². The first-order chi connectivity index (χ1) is 10.7. The van der Waals surface area contributed by atoms with E-state index in [4.69, 9.17) is 27.7 Å². The van der Waals surface area contributed by atoms with E-state index in [9.17, 15) is 13.2 Å². The van der Waals surface area contributed by atoms with Crippen LogP contribution in [0.4, 0.5) is 11.5 Å². The second-order valence-corrected chi connectivity index (χ2v) is 7.46. The van der Waals surface area contributed by atoms with E-state index in [2.05, 4.69) is 10.5 Å². The van der Waals surface area contributed by atoms with Crippen LogP contribution in [0, 0.1) is 6.92 Å². The second-order valence-electron chi connectivity index (χ2n) is 4.74. The number of rotatable bonds is 5. The molecule has 0 atom stereocenters. The Morgan fingerprint density at radius 2 is 2.00 bits per heavy atom. The molecule has 1 aromatic heterocycles. The number of benzene rings is 1. The quantitative estimate of drug-likeness (QED) is 0.864. The van der Waals surface area contributed by atoms with E-state index in [1.807, 2.05) is 0 Å². The third-order valence-electron chi connectivity index (χ3n) is 2.76. The van der Waals surface area contributed by atoms with Crippen LogP contribution < -0.4 is 9.62 Å². The molecule has 0 spiro atoms. The minimum atomic E-state index is -3.70. The number of carbonyl (C=O) groups is 1. The number of hydrogen-bond donors (Lipinski definition) is 1. The molecule has 124 valence electrons. The molecule has 0 saturated carbocycles. The van der Waals surface area contributed by atoms with Crippen molar-refractivity contribution >= 4 is 50.6 Å². The Balaban J connectivity index is 2.16. The zero-order valence-electron chi connectivity index (χ0n) is 12.2. The number of anilines is 2. The Labute approximate surface area is 143 Å². The molecular formula is C13H13Cl2N3O4S. The van der Waals surface area contributed by atoms with Crippen LogP contribution in [-0.2, 0) is 14.8 Å².